The van der Waals surface area contributed by atoms with Gasteiger partial charge in [-0.1, -0.05) is 12.1 Å². The fourth-order valence-electron chi connectivity index (χ4n) is 3.99. The van der Waals surface area contributed by atoms with Crippen LogP contribution in [0.25, 0.3) is 6.08 Å². The van der Waals surface area contributed by atoms with E-state index in [1.54, 1.807) is 23.1 Å². The van der Waals surface area contributed by atoms with Crippen LogP contribution in [0.5, 0.6) is 0 Å². The minimum absolute atomic E-state index is 0.000789. The molecule has 1 fully saturated rings. The van der Waals surface area contributed by atoms with Crippen molar-refractivity contribution < 1.29 is 27.1 Å². The van der Waals surface area contributed by atoms with Crippen molar-refractivity contribution in [3.8, 4) is 0 Å². The van der Waals surface area contributed by atoms with E-state index in [1.807, 2.05) is 0 Å². The summed E-state index contributed by atoms with van der Waals surface area (Å²) in [5, 5.41) is 0. The maximum absolute atomic E-state index is 13.3. The predicted molar refractivity (Wildman–Crippen MR) is 118 cm³/mol. The molecule has 1 aromatic carbocycles. The standard InChI is InChI=1S/C22H23FN2O5S2/c1-30-21(27)20-17-9-12-24(19(26)8-7-15-5-4-6-16(23)13-15)14-18(17)31-22(20)32(28,29)25-10-2-3-11-25/h4-8,13H,2-3,9-12,14H2,1H3. The van der Waals surface area contributed by atoms with Crippen molar-refractivity contribution in [2.75, 3.05) is 26.7 Å². The largest absolute Gasteiger partial charge is 0.465 e. The molecule has 1 amide bonds. The van der Waals surface area contributed by atoms with Gasteiger partial charge in [0.2, 0.25) is 5.91 Å². The molecule has 3 heterocycles. The summed E-state index contributed by atoms with van der Waals surface area (Å²) in [4.78, 5) is 27.4. The number of carbonyl (C=O) groups is 2. The van der Waals surface area contributed by atoms with Crippen molar-refractivity contribution in [2.24, 2.45) is 0 Å². The van der Waals surface area contributed by atoms with Gasteiger partial charge in [-0.15, -0.1) is 11.3 Å². The highest BCUT2D eigenvalue weighted by Crippen LogP contribution is 2.38. The molecule has 2 aliphatic rings. The molecular formula is C22H23FN2O5S2. The minimum atomic E-state index is -3.81. The number of hydrogen-bond acceptors (Lipinski definition) is 6. The number of ether oxygens (including phenoxy) is 1. The average molecular weight is 479 g/mol. The van der Waals surface area contributed by atoms with Crippen molar-refractivity contribution in [2.45, 2.75) is 30.0 Å². The third kappa shape index (κ3) is 4.35. The molecular weight excluding hydrogens is 455 g/mol. The number of halogens is 1. The van der Waals surface area contributed by atoms with E-state index in [9.17, 15) is 22.4 Å². The Morgan fingerprint density at radius 1 is 1.19 bits per heavy atom. The molecule has 2 aromatic rings. The zero-order valence-electron chi connectivity index (χ0n) is 17.5. The van der Waals surface area contributed by atoms with Gasteiger partial charge in [-0.2, -0.15) is 4.31 Å². The van der Waals surface area contributed by atoms with Crippen molar-refractivity contribution in [1.82, 2.24) is 9.21 Å². The Bertz CT molecular complexity index is 1180. The fourth-order valence-corrected chi connectivity index (χ4v) is 7.54. The van der Waals surface area contributed by atoms with E-state index >= 15 is 0 Å². The number of thiophene rings is 1. The van der Waals surface area contributed by atoms with Crippen LogP contribution in [0.2, 0.25) is 0 Å². The van der Waals surface area contributed by atoms with E-state index in [2.05, 4.69) is 0 Å². The van der Waals surface area contributed by atoms with E-state index < -0.39 is 16.0 Å². The molecule has 2 aliphatic heterocycles. The monoisotopic (exact) mass is 478 g/mol. The summed E-state index contributed by atoms with van der Waals surface area (Å²) in [5.41, 5.74) is 1.30. The number of benzene rings is 1. The first-order valence-corrected chi connectivity index (χ1v) is 12.5. The number of hydrogen-bond donors (Lipinski definition) is 0. The van der Waals surface area contributed by atoms with Crippen molar-refractivity contribution in [1.29, 1.82) is 0 Å². The SMILES string of the molecule is COC(=O)c1c(S(=O)(=O)N2CCCC2)sc2c1CCN(C(=O)C=Cc1cccc(F)c1)C2. The summed E-state index contributed by atoms with van der Waals surface area (Å²) in [6.07, 6.45) is 4.84. The first-order valence-electron chi connectivity index (χ1n) is 10.3. The zero-order valence-corrected chi connectivity index (χ0v) is 19.2. The van der Waals surface area contributed by atoms with Crippen LogP contribution in [0.4, 0.5) is 4.39 Å². The predicted octanol–water partition coefficient (Wildman–Crippen LogP) is 3.06. The lowest BCUT2D eigenvalue weighted by Crippen LogP contribution is -2.34. The molecule has 0 aliphatic carbocycles. The average Bonchev–Trinajstić information content (AvgIpc) is 3.45. The molecule has 1 aromatic heterocycles. The summed E-state index contributed by atoms with van der Waals surface area (Å²) >= 11 is 1.04. The third-order valence-corrected chi connectivity index (χ3v) is 9.24. The van der Waals surface area contributed by atoms with Crippen LogP contribution in [0.1, 0.15) is 39.2 Å². The number of nitrogens with zero attached hydrogens (tertiary/aromatic N) is 2. The van der Waals surface area contributed by atoms with E-state index in [0.29, 0.717) is 42.1 Å². The van der Waals surface area contributed by atoms with Gasteiger partial charge in [0.05, 0.1) is 19.2 Å². The van der Waals surface area contributed by atoms with Gasteiger partial charge in [-0.05, 0) is 48.6 Å². The molecule has 4 rings (SSSR count). The highest BCUT2D eigenvalue weighted by Gasteiger charge is 2.38. The first-order chi connectivity index (χ1) is 15.3. The Morgan fingerprint density at radius 2 is 1.94 bits per heavy atom. The van der Waals surface area contributed by atoms with Crippen molar-refractivity contribution >= 4 is 39.3 Å². The second-order valence-electron chi connectivity index (χ2n) is 7.67. The normalized spacial score (nSPS) is 17.0. The summed E-state index contributed by atoms with van der Waals surface area (Å²) in [6, 6.07) is 5.91. The fraction of sp³-hybridized carbons (Fsp3) is 0.364. The number of esters is 1. The maximum atomic E-state index is 13.3. The molecule has 0 radical (unpaired) electrons. The molecule has 0 bridgehead atoms. The van der Waals surface area contributed by atoms with E-state index in [0.717, 1.165) is 24.2 Å². The number of carbonyl (C=O) groups excluding carboxylic acids is 2. The van der Waals surface area contributed by atoms with Gasteiger partial charge in [0.15, 0.2) is 0 Å². The number of methoxy groups -OCH3 is 1. The lowest BCUT2D eigenvalue weighted by atomic mass is 10.0. The molecule has 10 heteroatoms. The number of amides is 1. The molecule has 7 nitrogen and oxygen atoms in total. The molecule has 0 unspecified atom stereocenters. The van der Waals surface area contributed by atoms with Crippen LogP contribution in [-0.4, -0.2) is 56.2 Å². The molecule has 1 saturated heterocycles. The lowest BCUT2D eigenvalue weighted by molar-refractivity contribution is -0.126. The maximum Gasteiger partial charge on any atom is 0.340 e. The van der Waals surface area contributed by atoms with Gasteiger partial charge in [0.1, 0.15) is 10.0 Å². The molecule has 0 spiro atoms. The Kier molecular flexibility index (Phi) is 6.45. The Labute approximate surface area is 190 Å². The molecule has 0 atom stereocenters. The number of rotatable bonds is 5. The highest BCUT2D eigenvalue weighted by molar-refractivity contribution is 7.91. The Balaban J connectivity index is 1.61. The van der Waals surface area contributed by atoms with E-state index in [-0.39, 0.29) is 28.0 Å². The van der Waals surface area contributed by atoms with Crippen LogP contribution in [-0.2, 0) is 32.5 Å². The van der Waals surface area contributed by atoms with E-state index in [4.69, 9.17) is 4.74 Å². The van der Waals surface area contributed by atoms with Gasteiger partial charge in [-0.3, -0.25) is 4.79 Å². The van der Waals surface area contributed by atoms with E-state index in [1.165, 1.54) is 29.6 Å². The van der Waals surface area contributed by atoms with Gasteiger partial charge < -0.3 is 9.64 Å². The van der Waals surface area contributed by atoms with Gasteiger partial charge in [0.25, 0.3) is 10.0 Å². The van der Waals surface area contributed by atoms with Gasteiger partial charge >= 0.3 is 5.97 Å². The topological polar surface area (TPSA) is 84.0 Å². The van der Waals surface area contributed by atoms with Crippen LogP contribution < -0.4 is 0 Å². The van der Waals surface area contributed by atoms with Crippen molar-refractivity contribution in [3.05, 3.63) is 57.7 Å². The quantitative estimate of drug-likeness (QED) is 0.487. The Morgan fingerprint density at radius 3 is 2.62 bits per heavy atom. The minimum Gasteiger partial charge on any atom is -0.465 e. The highest BCUT2D eigenvalue weighted by atomic mass is 32.2. The number of fused-ring (bicyclic) bond motifs is 1. The number of sulfonamides is 1. The third-order valence-electron chi connectivity index (χ3n) is 5.63. The summed E-state index contributed by atoms with van der Waals surface area (Å²) in [7, 11) is -2.58. The summed E-state index contributed by atoms with van der Waals surface area (Å²) in [5.74, 6) is -1.33. The second-order valence-corrected chi connectivity index (χ2v) is 10.9. The van der Waals surface area contributed by atoms with Crippen LogP contribution in [0, 0.1) is 5.82 Å². The van der Waals surface area contributed by atoms with Gasteiger partial charge in [-0.25, -0.2) is 17.6 Å². The summed E-state index contributed by atoms with van der Waals surface area (Å²) in [6.45, 7) is 1.40. The zero-order chi connectivity index (χ0) is 22.9. The summed E-state index contributed by atoms with van der Waals surface area (Å²) < 4.78 is 46.0. The van der Waals surface area contributed by atoms with Crippen LogP contribution in [0.15, 0.2) is 34.6 Å². The van der Waals surface area contributed by atoms with Crippen LogP contribution in [0.3, 0.4) is 0 Å². The smallest absolute Gasteiger partial charge is 0.340 e. The lowest BCUT2D eigenvalue weighted by Gasteiger charge is -2.26. The van der Waals surface area contributed by atoms with Crippen molar-refractivity contribution in [3.63, 3.8) is 0 Å². The molecule has 32 heavy (non-hydrogen) atoms. The molecule has 170 valence electrons. The second kappa shape index (κ2) is 9.13. The first kappa shape index (κ1) is 22.6. The van der Waals surface area contributed by atoms with Crippen LogP contribution >= 0.6 is 11.3 Å². The molecule has 0 saturated carbocycles. The Hall–Kier alpha value is -2.56. The van der Waals surface area contributed by atoms with Gasteiger partial charge in [0, 0.05) is 30.6 Å². The molecule has 0 N–H and O–H groups in total.